The zero-order valence-corrected chi connectivity index (χ0v) is 29.8. The Morgan fingerprint density at radius 3 is 2.00 bits per heavy atom. The Hall–Kier alpha value is -2.16. The van der Waals surface area contributed by atoms with Gasteiger partial charge in [-0.15, -0.1) is 0 Å². The van der Waals surface area contributed by atoms with Crippen LogP contribution >= 0.6 is 17.0 Å². The van der Waals surface area contributed by atoms with E-state index in [-0.39, 0.29) is 7.25 Å². The van der Waals surface area contributed by atoms with E-state index in [9.17, 15) is 0 Å². The van der Waals surface area contributed by atoms with Crippen LogP contribution in [-0.4, -0.2) is 12.0 Å². The molecule has 0 spiro atoms. The summed E-state index contributed by atoms with van der Waals surface area (Å²) in [6.07, 6.45) is 7.11. The topological polar surface area (TPSA) is 3.24 Å². The van der Waals surface area contributed by atoms with Gasteiger partial charge in [-0.25, -0.2) is 0 Å². The number of fused-ring (bicyclic) bond motifs is 3. The second-order valence-corrected chi connectivity index (χ2v) is 51.4. The SMILES string of the molecule is CC1=Cc2c(-c3ccccc3)cccc2[CH]1[Zr]([Cl])([Cl])([CH]1C(C)=Cc2c1cccc2N1CCCc2ccccc21)=[Si](C)C. The third kappa shape index (κ3) is 4.18. The Kier molecular flexibility index (Phi) is 7.14. The second kappa shape index (κ2) is 10.5. The van der Waals surface area contributed by atoms with E-state index in [1.807, 2.05) is 0 Å². The van der Waals surface area contributed by atoms with Crippen LogP contribution in [0.4, 0.5) is 11.4 Å². The van der Waals surface area contributed by atoms with Gasteiger partial charge in [0.15, 0.2) is 0 Å². The maximum absolute atomic E-state index is 8.43. The van der Waals surface area contributed by atoms with Gasteiger partial charge in [0, 0.05) is 0 Å². The van der Waals surface area contributed by atoms with Crippen LogP contribution in [0.25, 0.3) is 23.3 Å². The van der Waals surface area contributed by atoms with Gasteiger partial charge in [0.25, 0.3) is 0 Å². The number of allylic oxidation sites excluding steroid dienone is 2. The van der Waals surface area contributed by atoms with Gasteiger partial charge in [0.1, 0.15) is 0 Å². The normalized spacial score (nSPS) is 19.5. The Labute approximate surface area is 258 Å². The molecule has 7 rings (SSSR count). The predicted octanol–water partition coefficient (Wildman–Crippen LogP) is 11.3. The van der Waals surface area contributed by atoms with Crippen molar-refractivity contribution in [2.75, 3.05) is 11.4 Å². The molecule has 1 aliphatic heterocycles. The van der Waals surface area contributed by atoms with Gasteiger partial charge in [0.05, 0.1) is 0 Å². The van der Waals surface area contributed by atoms with E-state index in [1.165, 1.54) is 61.5 Å². The van der Waals surface area contributed by atoms with E-state index in [0.717, 1.165) is 19.4 Å². The summed E-state index contributed by atoms with van der Waals surface area (Å²) in [5.74, 6) is 0. The number of rotatable bonds is 4. The van der Waals surface area contributed by atoms with Crippen molar-refractivity contribution in [2.24, 2.45) is 0 Å². The van der Waals surface area contributed by atoms with E-state index in [0.29, 0.717) is 0 Å². The van der Waals surface area contributed by atoms with Crippen molar-refractivity contribution in [1.82, 2.24) is 0 Å². The fourth-order valence-corrected chi connectivity index (χ4v) is 38.6. The zero-order chi connectivity index (χ0) is 29.2. The van der Waals surface area contributed by atoms with Gasteiger partial charge in [-0.3, -0.25) is 0 Å². The summed E-state index contributed by atoms with van der Waals surface area (Å²) in [5.41, 5.74) is 13.4. The van der Waals surface area contributed by atoms with Crippen LogP contribution in [0.5, 0.6) is 0 Å². The van der Waals surface area contributed by atoms with Gasteiger partial charge in [-0.1, -0.05) is 0 Å². The second-order valence-electron chi connectivity index (χ2n) is 12.6. The first-order valence-corrected chi connectivity index (χ1v) is 30.5. The molecule has 0 bridgehead atoms. The summed E-state index contributed by atoms with van der Waals surface area (Å²) < 4.78 is 0.185. The molecule has 5 heteroatoms. The number of hydrogen-bond acceptors (Lipinski definition) is 1. The average molecular weight is 686 g/mol. The van der Waals surface area contributed by atoms with Gasteiger partial charge in [-0.2, -0.15) is 0 Å². The molecule has 2 unspecified atom stereocenters. The molecule has 4 aromatic rings. The standard InChI is InChI=1S/C19H18N.C16H13.C2H6Si.2ClH.Zr/c1-14-12-16-7-4-10-19(17(16)13-14)20-11-5-8-15-6-2-3-9-18(15)20;1-12-10-14-8-5-9-15(16(14)11-12)13-6-3-2-4-7-13;1-3-2;;;/h2-4,6-7,9-10,12-13H,5,8,11H2,1H3;2-11H,1H3;1-2H3;2*1H;/q;;;;;+2/p-2. The first-order valence-electron chi connectivity index (χ1n) is 15.1. The summed E-state index contributed by atoms with van der Waals surface area (Å²) in [5, 5.41) is 0. The summed E-state index contributed by atoms with van der Waals surface area (Å²) in [6.45, 7) is 10.4. The molecule has 0 amide bonds. The van der Waals surface area contributed by atoms with E-state index < -0.39 is 20.4 Å². The Balaban J connectivity index is 1.41. The molecule has 0 saturated heterocycles. The molecule has 3 aliphatic rings. The monoisotopic (exact) mass is 683 g/mol. The van der Waals surface area contributed by atoms with Crippen molar-refractivity contribution in [3.63, 3.8) is 0 Å². The summed E-state index contributed by atoms with van der Waals surface area (Å²) in [6, 6.07) is 33.2. The van der Waals surface area contributed by atoms with Crippen molar-refractivity contribution in [1.29, 1.82) is 0 Å². The number of anilines is 2. The maximum atomic E-state index is 8.43. The first kappa shape index (κ1) is 28.6. The van der Waals surface area contributed by atoms with Crippen molar-refractivity contribution in [2.45, 2.75) is 47.0 Å². The van der Waals surface area contributed by atoms with E-state index in [2.05, 4.69) is 135 Å². The fraction of sp³-hybridized carbons (Fsp3) is 0.243. The first-order chi connectivity index (χ1) is 20.2. The molecule has 2 aliphatic carbocycles. The molecule has 1 nitrogen and oxygen atoms in total. The fourth-order valence-electron chi connectivity index (χ4n) is 8.13. The van der Waals surface area contributed by atoms with Crippen molar-refractivity contribution >= 4 is 46.0 Å². The number of halogens is 2. The molecule has 4 aromatic carbocycles. The van der Waals surface area contributed by atoms with E-state index in [4.69, 9.17) is 17.0 Å². The number of nitrogens with zero attached hydrogens (tertiary/aromatic N) is 1. The van der Waals surface area contributed by atoms with Gasteiger partial charge >= 0.3 is 261 Å². The van der Waals surface area contributed by atoms with Crippen LogP contribution < -0.4 is 4.90 Å². The zero-order valence-electron chi connectivity index (χ0n) is 24.8. The third-order valence-corrected chi connectivity index (χ3v) is 57.0. The Morgan fingerprint density at radius 1 is 0.690 bits per heavy atom. The predicted molar refractivity (Wildman–Crippen MR) is 182 cm³/mol. The molecule has 212 valence electrons. The molecule has 0 saturated carbocycles. The van der Waals surface area contributed by atoms with Crippen LogP contribution in [0.15, 0.2) is 102 Å². The molecule has 42 heavy (non-hydrogen) atoms. The van der Waals surface area contributed by atoms with Crippen molar-refractivity contribution in [3.05, 3.63) is 130 Å². The number of aryl methyl sites for hydroxylation is 1. The molecular formula is C37H37Cl2NSiZr. The number of hydrogen-bond donors (Lipinski definition) is 0. The number of benzene rings is 4. The van der Waals surface area contributed by atoms with E-state index in [1.54, 1.807) is 0 Å². The van der Waals surface area contributed by atoms with Crippen LogP contribution in [0.2, 0.25) is 13.1 Å². The summed E-state index contributed by atoms with van der Waals surface area (Å²) >= 11 is -4.72. The number of para-hydroxylation sites is 1. The van der Waals surface area contributed by atoms with E-state index >= 15 is 0 Å². The summed E-state index contributed by atoms with van der Waals surface area (Å²) in [7, 11) is 16.9. The Bertz CT molecular complexity index is 1880. The van der Waals surface area contributed by atoms with Crippen LogP contribution in [0, 0.1) is 0 Å². The molecular weight excluding hydrogens is 649 g/mol. The van der Waals surface area contributed by atoms with Crippen molar-refractivity contribution < 1.29 is 15.0 Å². The van der Waals surface area contributed by atoms with Gasteiger partial charge in [0.2, 0.25) is 0 Å². The minimum atomic E-state index is -4.72. The molecule has 1 heterocycles. The average Bonchev–Trinajstić information content (AvgIpc) is 3.53. The van der Waals surface area contributed by atoms with Gasteiger partial charge in [-0.05, 0) is 0 Å². The minimum absolute atomic E-state index is 0.0910. The molecule has 0 N–H and O–H groups in total. The quantitative estimate of drug-likeness (QED) is 0.193. The van der Waals surface area contributed by atoms with Gasteiger partial charge < -0.3 is 0 Å². The summed E-state index contributed by atoms with van der Waals surface area (Å²) in [4.78, 5) is 2.53. The third-order valence-electron chi connectivity index (χ3n) is 10.0. The molecule has 0 fully saturated rings. The van der Waals surface area contributed by atoms with Crippen LogP contribution in [-0.2, 0) is 21.4 Å². The van der Waals surface area contributed by atoms with Crippen molar-refractivity contribution in [3.8, 4) is 11.1 Å². The molecule has 0 radical (unpaired) electrons. The molecule has 0 aromatic heterocycles. The van der Waals surface area contributed by atoms with Crippen LogP contribution in [0.1, 0.15) is 55.3 Å². The molecule has 2 atom stereocenters. The Morgan fingerprint density at radius 2 is 1.29 bits per heavy atom. The van der Waals surface area contributed by atoms with Crippen LogP contribution in [0.3, 0.4) is 0 Å².